The van der Waals surface area contributed by atoms with Crippen LogP contribution in [0.2, 0.25) is 0 Å². The minimum absolute atomic E-state index is 0.571. The molecule has 4 heteroatoms. The van der Waals surface area contributed by atoms with Gasteiger partial charge in [-0.25, -0.2) is 0 Å². The van der Waals surface area contributed by atoms with Crippen LogP contribution in [-0.2, 0) is 22.6 Å². The second-order valence-corrected chi connectivity index (χ2v) is 6.02. The maximum Gasteiger partial charge on any atom is 0.129 e. The van der Waals surface area contributed by atoms with Gasteiger partial charge in [-0.2, -0.15) is 0 Å². The zero-order valence-electron chi connectivity index (χ0n) is 12.7. The first-order valence-electron chi connectivity index (χ1n) is 7.66. The highest BCUT2D eigenvalue weighted by Crippen LogP contribution is 2.16. The summed E-state index contributed by atoms with van der Waals surface area (Å²) >= 11 is 0. The van der Waals surface area contributed by atoms with Crippen LogP contribution in [0.5, 0.6) is 0 Å². The van der Waals surface area contributed by atoms with Crippen molar-refractivity contribution in [1.29, 1.82) is 0 Å². The largest absolute Gasteiger partial charge is 0.467 e. The highest BCUT2D eigenvalue weighted by Gasteiger charge is 2.14. The molecule has 0 aliphatic carbocycles. The van der Waals surface area contributed by atoms with E-state index in [0.717, 1.165) is 51.5 Å². The maximum atomic E-state index is 5.75. The Kier molecular flexibility index (Phi) is 6.57. The molecule has 0 unspecified atom stereocenters. The molecule has 2 rings (SSSR count). The van der Waals surface area contributed by atoms with Crippen LogP contribution in [-0.4, -0.2) is 26.4 Å². The highest BCUT2D eigenvalue weighted by molar-refractivity contribution is 5.12. The van der Waals surface area contributed by atoms with Crippen molar-refractivity contribution in [1.82, 2.24) is 5.32 Å². The topological polar surface area (TPSA) is 43.6 Å². The highest BCUT2D eigenvalue weighted by atomic mass is 16.5. The molecule has 0 spiro atoms. The average molecular weight is 281 g/mol. The van der Waals surface area contributed by atoms with Gasteiger partial charge in [0.15, 0.2) is 0 Å². The summed E-state index contributed by atoms with van der Waals surface area (Å²) in [6.07, 6.45) is 4.05. The van der Waals surface area contributed by atoms with Gasteiger partial charge in [-0.1, -0.05) is 13.8 Å². The lowest BCUT2D eigenvalue weighted by Gasteiger charge is -2.21. The molecule has 1 saturated heterocycles. The number of ether oxygens (including phenoxy) is 2. The first-order valence-corrected chi connectivity index (χ1v) is 7.66. The monoisotopic (exact) mass is 281 g/mol. The van der Waals surface area contributed by atoms with Crippen LogP contribution >= 0.6 is 0 Å². The fourth-order valence-corrected chi connectivity index (χ4v) is 2.34. The van der Waals surface area contributed by atoms with Crippen LogP contribution in [0, 0.1) is 11.8 Å². The number of furan rings is 1. The Morgan fingerprint density at radius 2 is 2.15 bits per heavy atom. The van der Waals surface area contributed by atoms with Gasteiger partial charge in [-0.05, 0) is 37.3 Å². The van der Waals surface area contributed by atoms with Crippen molar-refractivity contribution in [3.63, 3.8) is 0 Å². The number of nitrogens with one attached hydrogen (secondary N) is 1. The molecule has 1 aliphatic heterocycles. The normalized spacial score (nSPS) is 16.9. The second-order valence-electron chi connectivity index (χ2n) is 6.02. The molecule has 1 aromatic rings. The molecular weight excluding hydrogens is 254 g/mol. The molecule has 1 aliphatic rings. The lowest BCUT2D eigenvalue weighted by Crippen LogP contribution is -2.20. The zero-order chi connectivity index (χ0) is 14.2. The standard InChI is InChI=1S/C16H27NO3/c1-13(2)8-17-9-15-7-16(20-11-15)12-19-10-14-3-5-18-6-4-14/h7,11,13-14,17H,3-6,8-10,12H2,1-2H3. The van der Waals surface area contributed by atoms with Gasteiger partial charge in [0, 0.05) is 25.3 Å². The fraction of sp³-hybridized carbons (Fsp3) is 0.750. The lowest BCUT2D eigenvalue weighted by molar-refractivity contribution is 0.0120. The third kappa shape index (κ3) is 5.65. The SMILES string of the molecule is CC(C)CNCc1coc(COCC2CCOCC2)c1. The van der Waals surface area contributed by atoms with E-state index in [2.05, 4.69) is 25.2 Å². The van der Waals surface area contributed by atoms with Gasteiger partial charge in [0.2, 0.25) is 0 Å². The quantitative estimate of drug-likeness (QED) is 0.795. The second kappa shape index (κ2) is 8.45. The Bertz CT molecular complexity index is 370. The van der Waals surface area contributed by atoms with E-state index in [1.807, 2.05) is 6.26 Å². The average Bonchev–Trinajstić information content (AvgIpc) is 2.87. The van der Waals surface area contributed by atoms with Gasteiger partial charge in [-0.3, -0.25) is 0 Å². The van der Waals surface area contributed by atoms with Crippen LogP contribution < -0.4 is 5.32 Å². The van der Waals surface area contributed by atoms with Gasteiger partial charge >= 0.3 is 0 Å². The summed E-state index contributed by atoms with van der Waals surface area (Å²) in [6, 6.07) is 2.08. The van der Waals surface area contributed by atoms with Crippen LogP contribution in [0.1, 0.15) is 38.0 Å². The molecular formula is C16H27NO3. The smallest absolute Gasteiger partial charge is 0.129 e. The minimum atomic E-state index is 0.571. The van der Waals surface area contributed by atoms with E-state index < -0.39 is 0 Å². The predicted octanol–water partition coefficient (Wildman–Crippen LogP) is 2.97. The molecule has 114 valence electrons. The summed E-state index contributed by atoms with van der Waals surface area (Å²) in [5.41, 5.74) is 1.19. The molecule has 20 heavy (non-hydrogen) atoms. The first-order chi connectivity index (χ1) is 9.74. The molecule has 0 radical (unpaired) electrons. The molecule has 0 aromatic carbocycles. The number of hydrogen-bond donors (Lipinski definition) is 1. The van der Waals surface area contributed by atoms with E-state index in [1.165, 1.54) is 5.56 Å². The number of rotatable bonds is 8. The molecule has 0 bridgehead atoms. The molecule has 0 atom stereocenters. The predicted molar refractivity (Wildman–Crippen MR) is 78.5 cm³/mol. The van der Waals surface area contributed by atoms with Gasteiger partial charge in [0.1, 0.15) is 12.4 Å². The summed E-state index contributed by atoms with van der Waals surface area (Å²) in [7, 11) is 0. The third-order valence-electron chi connectivity index (χ3n) is 3.53. The molecule has 2 heterocycles. The van der Waals surface area contributed by atoms with Gasteiger partial charge < -0.3 is 19.2 Å². The summed E-state index contributed by atoms with van der Waals surface area (Å²) in [5, 5.41) is 3.41. The van der Waals surface area contributed by atoms with E-state index in [1.54, 1.807) is 0 Å². The Hall–Kier alpha value is -0.840. The van der Waals surface area contributed by atoms with E-state index >= 15 is 0 Å². The van der Waals surface area contributed by atoms with Crippen LogP contribution in [0.15, 0.2) is 16.7 Å². The van der Waals surface area contributed by atoms with Crippen molar-refractivity contribution < 1.29 is 13.9 Å². The third-order valence-corrected chi connectivity index (χ3v) is 3.53. The van der Waals surface area contributed by atoms with Crippen LogP contribution in [0.25, 0.3) is 0 Å². The van der Waals surface area contributed by atoms with Crippen LogP contribution in [0.4, 0.5) is 0 Å². The van der Waals surface area contributed by atoms with Crippen molar-refractivity contribution in [3.05, 3.63) is 23.7 Å². The maximum absolute atomic E-state index is 5.75. The van der Waals surface area contributed by atoms with Crippen molar-refractivity contribution in [3.8, 4) is 0 Å². The lowest BCUT2D eigenvalue weighted by atomic mass is 10.0. The van der Waals surface area contributed by atoms with Crippen molar-refractivity contribution >= 4 is 0 Å². The summed E-state index contributed by atoms with van der Waals surface area (Å²) in [6.45, 7) is 9.44. The minimum Gasteiger partial charge on any atom is -0.467 e. The Morgan fingerprint density at radius 1 is 1.35 bits per heavy atom. The molecule has 0 amide bonds. The van der Waals surface area contributed by atoms with Gasteiger partial charge in [-0.15, -0.1) is 0 Å². The van der Waals surface area contributed by atoms with E-state index in [-0.39, 0.29) is 0 Å². The molecule has 0 saturated carbocycles. The molecule has 1 N–H and O–H groups in total. The zero-order valence-corrected chi connectivity index (χ0v) is 12.7. The van der Waals surface area contributed by atoms with Crippen molar-refractivity contribution in [2.45, 2.75) is 39.8 Å². The first kappa shape index (κ1) is 15.5. The van der Waals surface area contributed by atoms with Crippen LogP contribution in [0.3, 0.4) is 0 Å². The van der Waals surface area contributed by atoms with Gasteiger partial charge in [0.25, 0.3) is 0 Å². The van der Waals surface area contributed by atoms with E-state index in [9.17, 15) is 0 Å². The molecule has 4 nitrogen and oxygen atoms in total. The summed E-state index contributed by atoms with van der Waals surface area (Å²) in [4.78, 5) is 0. The van der Waals surface area contributed by atoms with E-state index in [4.69, 9.17) is 13.9 Å². The number of hydrogen-bond acceptors (Lipinski definition) is 4. The summed E-state index contributed by atoms with van der Waals surface area (Å²) < 4.78 is 16.6. The van der Waals surface area contributed by atoms with E-state index in [0.29, 0.717) is 18.4 Å². The summed E-state index contributed by atoms with van der Waals surface area (Å²) in [5.74, 6) is 2.23. The Balaban J connectivity index is 1.62. The van der Waals surface area contributed by atoms with Crippen molar-refractivity contribution in [2.75, 3.05) is 26.4 Å². The van der Waals surface area contributed by atoms with Crippen molar-refractivity contribution in [2.24, 2.45) is 11.8 Å². The molecule has 1 aromatic heterocycles. The van der Waals surface area contributed by atoms with Gasteiger partial charge in [0.05, 0.1) is 12.9 Å². The molecule has 1 fully saturated rings. The Morgan fingerprint density at radius 3 is 2.90 bits per heavy atom. The fourth-order valence-electron chi connectivity index (χ4n) is 2.34. The Labute approximate surface area is 121 Å².